The van der Waals surface area contributed by atoms with Crippen molar-refractivity contribution in [1.29, 1.82) is 0 Å². The normalized spacial score (nSPS) is 12.5. The first-order valence-electron chi connectivity index (χ1n) is 4.80. The monoisotopic (exact) mass is 195 g/mol. The largest absolute Gasteiger partial charge is 0.475 e. The van der Waals surface area contributed by atoms with Crippen LogP contribution >= 0.6 is 0 Å². The molecular weight excluding hydrogens is 178 g/mol. The molecule has 1 rings (SSSR count). The van der Waals surface area contributed by atoms with Gasteiger partial charge in [0.1, 0.15) is 0 Å². The lowest BCUT2D eigenvalue weighted by Gasteiger charge is -2.12. The Balaban J connectivity index is 2.39. The average molecular weight is 195 g/mol. The summed E-state index contributed by atoms with van der Waals surface area (Å²) in [5.74, 6) is 0.680. The van der Waals surface area contributed by atoms with Crippen LogP contribution < -0.4 is 4.74 Å². The number of rotatable bonds is 5. The Morgan fingerprint density at radius 2 is 2.21 bits per heavy atom. The number of pyridine rings is 1. The smallest absolute Gasteiger partial charge is 0.213 e. The van der Waals surface area contributed by atoms with Crippen LogP contribution in [-0.4, -0.2) is 24.8 Å². The molecule has 3 nitrogen and oxygen atoms in total. The summed E-state index contributed by atoms with van der Waals surface area (Å²) >= 11 is 0. The molecule has 0 bridgehead atoms. The number of nitrogens with zero attached hydrogens (tertiary/aromatic N) is 1. The molecule has 78 valence electrons. The molecule has 0 fully saturated rings. The van der Waals surface area contributed by atoms with Gasteiger partial charge in [-0.15, -0.1) is 0 Å². The van der Waals surface area contributed by atoms with Crippen molar-refractivity contribution >= 4 is 0 Å². The van der Waals surface area contributed by atoms with E-state index in [4.69, 9.17) is 9.47 Å². The average Bonchev–Trinajstić information content (AvgIpc) is 2.18. The van der Waals surface area contributed by atoms with Crippen LogP contribution in [0.1, 0.15) is 18.9 Å². The molecule has 0 saturated carbocycles. The molecule has 0 amide bonds. The Bertz CT molecular complexity index is 258. The van der Waals surface area contributed by atoms with E-state index in [1.807, 2.05) is 26.0 Å². The minimum absolute atomic E-state index is 0.144. The highest BCUT2D eigenvalue weighted by molar-refractivity contribution is 5.16. The summed E-state index contributed by atoms with van der Waals surface area (Å²) in [5.41, 5.74) is 1.14. The highest BCUT2D eigenvalue weighted by Crippen LogP contribution is 2.10. The van der Waals surface area contributed by atoms with Gasteiger partial charge in [0.05, 0.1) is 6.10 Å². The zero-order valence-electron chi connectivity index (χ0n) is 8.99. The molecule has 0 N–H and O–H groups in total. The Hall–Kier alpha value is -1.09. The first kappa shape index (κ1) is 11.0. The third kappa shape index (κ3) is 3.75. The summed E-state index contributed by atoms with van der Waals surface area (Å²) in [7, 11) is 1.69. The first-order valence-corrected chi connectivity index (χ1v) is 4.80. The zero-order valence-corrected chi connectivity index (χ0v) is 8.99. The summed E-state index contributed by atoms with van der Waals surface area (Å²) in [6.07, 6.45) is 2.83. The topological polar surface area (TPSA) is 31.4 Å². The second kappa shape index (κ2) is 5.60. The lowest BCUT2D eigenvalue weighted by atomic mass is 10.3. The summed E-state index contributed by atoms with van der Waals surface area (Å²) in [4.78, 5) is 4.16. The molecule has 0 aliphatic heterocycles. The fourth-order valence-electron chi connectivity index (χ4n) is 1.07. The molecule has 1 aromatic rings. The molecule has 1 atom stereocenters. The van der Waals surface area contributed by atoms with Gasteiger partial charge in [-0.25, -0.2) is 4.98 Å². The van der Waals surface area contributed by atoms with E-state index in [0.717, 1.165) is 12.0 Å². The summed E-state index contributed by atoms with van der Waals surface area (Å²) in [6, 6.07) is 3.88. The standard InChI is InChI=1S/C11H17NO2/c1-9-4-5-11(12-8-9)14-10(2)6-7-13-3/h4-5,8,10H,6-7H2,1-3H3. The van der Waals surface area contributed by atoms with E-state index in [-0.39, 0.29) is 6.10 Å². The predicted octanol–water partition coefficient (Wildman–Crippen LogP) is 2.19. The van der Waals surface area contributed by atoms with E-state index in [9.17, 15) is 0 Å². The molecule has 3 heteroatoms. The van der Waals surface area contributed by atoms with Crippen molar-refractivity contribution in [2.75, 3.05) is 13.7 Å². The van der Waals surface area contributed by atoms with Gasteiger partial charge in [-0.2, -0.15) is 0 Å². The zero-order chi connectivity index (χ0) is 10.4. The van der Waals surface area contributed by atoms with Crippen LogP contribution in [0.4, 0.5) is 0 Å². The minimum Gasteiger partial charge on any atom is -0.475 e. The van der Waals surface area contributed by atoms with Gasteiger partial charge in [0.2, 0.25) is 5.88 Å². The van der Waals surface area contributed by atoms with Crippen LogP contribution in [0.5, 0.6) is 5.88 Å². The van der Waals surface area contributed by atoms with E-state index in [1.165, 1.54) is 0 Å². The second-order valence-electron chi connectivity index (χ2n) is 3.38. The highest BCUT2D eigenvalue weighted by Gasteiger charge is 2.03. The molecule has 14 heavy (non-hydrogen) atoms. The van der Waals surface area contributed by atoms with Gasteiger partial charge in [-0.3, -0.25) is 0 Å². The van der Waals surface area contributed by atoms with Gasteiger partial charge in [0, 0.05) is 32.4 Å². The second-order valence-corrected chi connectivity index (χ2v) is 3.38. The van der Waals surface area contributed by atoms with Crippen molar-refractivity contribution in [2.24, 2.45) is 0 Å². The van der Waals surface area contributed by atoms with Crippen LogP contribution in [-0.2, 0) is 4.74 Å². The van der Waals surface area contributed by atoms with Crippen LogP contribution in [0, 0.1) is 6.92 Å². The number of ether oxygens (including phenoxy) is 2. The fraction of sp³-hybridized carbons (Fsp3) is 0.545. The number of hydrogen-bond donors (Lipinski definition) is 0. The number of hydrogen-bond acceptors (Lipinski definition) is 3. The maximum absolute atomic E-state index is 5.58. The summed E-state index contributed by atoms with van der Waals surface area (Å²) in [5, 5.41) is 0. The van der Waals surface area contributed by atoms with E-state index in [0.29, 0.717) is 12.5 Å². The lowest BCUT2D eigenvalue weighted by Crippen LogP contribution is -2.14. The highest BCUT2D eigenvalue weighted by atomic mass is 16.5. The van der Waals surface area contributed by atoms with Gasteiger partial charge < -0.3 is 9.47 Å². The number of aromatic nitrogens is 1. The van der Waals surface area contributed by atoms with Crippen LogP contribution in [0.3, 0.4) is 0 Å². The lowest BCUT2D eigenvalue weighted by molar-refractivity contribution is 0.132. The summed E-state index contributed by atoms with van der Waals surface area (Å²) in [6.45, 7) is 4.73. The Kier molecular flexibility index (Phi) is 4.40. The van der Waals surface area contributed by atoms with Crippen LogP contribution in [0.2, 0.25) is 0 Å². The third-order valence-electron chi connectivity index (χ3n) is 1.93. The Morgan fingerprint density at radius 3 is 2.79 bits per heavy atom. The fourth-order valence-corrected chi connectivity index (χ4v) is 1.07. The van der Waals surface area contributed by atoms with E-state index >= 15 is 0 Å². The van der Waals surface area contributed by atoms with E-state index < -0.39 is 0 Å². The van der Waals surface area contributed by atoms with Gasteiger partial charge in [-0.1, -0.05) is 6.07 Å². The molecule has 0 radical (unpaired) electrons. The quantitative estimate of drug-likeness (QED) is 0.721. The van der Waals surface area contributed by atoms with Crippen molar-refractivity contribution in [2.45, 2.75) is 26.4 Å². The molecule has 0 saturated heterocycles. The van der Waals surface area contributed by atoms with E-state index in [2.05, 4.69) is 4.98 Å². The Labute approximate surface area is 85.1 Å². The van der Waals surface area contributed by atoms with E-state index in [1.54, 1.807) is 13.3 Å². The SMILES string of the molecule is COCCC(C)Oc1ccc(C)cn1. The van der Waals surface area contributed by atoms with Crippen molar-refractivity contribution in [3.63, 3.8) is 0 Å². The molecule has 0 spiro atoms. The first-order chi connectivity index (χ1) is 6.72. The van der Waals surface area contributed by atoms with Gasteiger partial charge in [0.25, 0.3) is 0 Å². The van der Waals surface area contributed by atoms with Gasteiger partial charge >= 0.3 is 0 Å². The van der Waals surface area contributed by atoms with Crippen molar-refractivity contribution < 1.29 is 9.47 Å². The number of aryl methyl sites for hydroxylation is 1. The molecule has 1 unspecified atom stereocenters. The maximum Gasteiger partial charge on any atom is 0.213 e. The van der Waals surface area contributed by atoms with Gasteiger partial charge in [-0.05, 0) is 19.4 Å². The minimum atomic E-state index is 0.144. The summed E-state index contributed by atoms with van der Waals surface area (Å²) < 4.78 is 10.5. The maximum atomic E-state index is 5.58. The predicted molar refractivity (Wildman–Crippen MR) is 55.6 cm³/mol. The molecule has 0 aliphatic rings. The molecular formula is C11H17NO2. The molecule has 1 heterocycles. The van der Waals surface area contributed by atoms with Crippen LogP contribution in [0.25, 0.3) is 0 Å². The van der Waals surface area contributed by atoms with Crippen molar-refractivity contribution in [1.82, 2.24) is 4.98 Å². The number of methoxy groups -OCH3 is 1. The Morgan fingerprint density at radius 1 is 1.43 bits per heavy atom. The molecule has 1 aromatic heterocycles. The van der Waals surface area contributed by atoms with Crippen molar-refractivity contribution in [3.8, 4) is 5.88 Å². The molecule has 0 aliphatic carbocycles. The van der Waals surface area contributed by atoms with Crippen LogP contribution in [0.15, 0.2) is 18.3 Å². The van der Waals surface area contributed by atoms with Gasteiger partial charge in [0.15, 0.2) is 0 Å². The molecule has 0 aromatic carbocycles. The van der Waals surface area contributed by atoms with Crippen molar-refractivity contribution in [3.05, 3.63) is 23.9 Å². The third-order valence-corrected chi connectivity index (χ3v) is 1.93.